The number of benzene rings is 3. The first-order valence-corrected chi connectivity index (χ1v) is 10.5. The summed E-state index contributed by atoms with van der Waals surface area (Å²) >= 11 is 0. The lowest BCUT2D eigenvalue weighted by Gasteiger charge is -2.19. The van der Waals surface area contributed by atoms with E-state index in [2.05, 4.69) is 38.2 Å². The van der Waals surface area contributed by atoms with E-state index in [9.17, 15) is 4.79 Å². The average molecular weight is 418 g/mol. The van der Waals surface area contributed by atoms with Gasteiger partial charge >= 0.3 is 0 Å². The highest BCUT2D eigenvalue weighted by molar-refractivity contribution is 6.05. The SMILES string of the molecule is COc1ccc(C(=O)Nc2cccc(C)c2C)cc1COc1ccc(C(C)(C)C)cc1. The van der Waals surface area contributed by atoms with Crippen molar-refractivity contribution in [2.24, 2.45) is 0 Å². The first-order valence-electron chi connectivity index (χ1n) is 10.5. The van der Waals surface area contributed by atoms with E-state index in [1.165, 1.54) is 5.56 Å². The Kier molecular flexibility index (Phi) is 6.69. The number of anilines is 1. The Balaban J connectivity index is 1.75. The van der Waals surface area contributed by atoms with Gasteiger partial charge in [0.1, 0.15) is 18.1 Å². The Morgan fingerprint density at radius 1 is 0.968 bits per heavy atom. The van der Waals surface area contributed by atoms with Crippen LogP contribution in [-0.4, -0.2) is 13.0 Å². The zero-order chi connectivity index (χ0) is 22.6. The summed E-state index contributed by atoms with van der Waals surface area (Å²) in [5, 5.41) is 3.01. The Hall–Kier alpha value is -3.27. The van der Waals surface area contributed by atoms with Crippen LogP contribution in [0, 0.1) is 13.8 Å². The molecule has 3 rings (SSSR count). The van der Waals surface area contributed by atoms with Gasteiger partial charge in [0.2, 0.25) is 0 Å². The van der Waals surface area contributed by atoms with Crippen molar-refractivity contribution in [2.45, 2.75) is 46.6 Å². The molecule has 4 nitrogen and oxygen atoms in total. The topological polar surface area (TPSA) is 47.6 Å². The highest BCUT2D eigenvalue weighted by Gasteiger charge is 2.14. The molecule has 0 aliphatic rings. The lowest BCUT2D eigenvalue weighted by atomic mass is 9.87. The molecule has 0 aromatic heterocycles. The average Bonchev–Trinajstić information content (AvgIpc) is 2.75. The highest BCUT2D eigenvalue weighted by Crippen LogP contribution is 2.27. The lowest BCUT2D eigenvalue weighted by Crippen LogP contribution is -2.14. The summed E-state index contributed by atoms with van der Waals surface area (Å²) in [5.74, 6) is 1.31. The van der Waals surface area contributed by atoms with E-state index in [-0.39, 0.29) is 11.3 Å². The summed E-state index contributed by atoms with van der Waals surface area (Å²) in [6, 6.07) is 19.4. The molecule has 0 spiro atoms. The van der Waals surface area contributed by atoms with Crippen LogP contribution in [-0.2, 0) is 12.0 Å². The van der Waals surface area contributed by atoms with Crippen LogP contribution in [0.25, 0.3) is 0 Å². The van der Waals surface area contributed by atoms with E-state index in [1.54, 1.807) is 19.2 Å². The first-order chi connectivity index (χ1) is 14.7. The molecule has 0 aliphatic heterocycles. The first kappa shape index (κ1) is 22.4. The summed E-state index contributed by atoms with van der Waals surface area (Å²) in [6.07, 6.45) is 0. The predicted molar refractivity (Wildman–Crippen MR) is 126 cm³/mol. The molecule has 3 aromatic carbocycles. The van der Waals surface area contributed by atoms with Crippen molar-refractivity contribution in [2.75, 3.05) is 12.4 Å². The fraction of sp³-hybridized carbons (Fsp3) is 0.296. The Labute approximate surface area is 185 Å². The molecule has 0 saturated carbocycles. The van der Waals surface area contributed by atoms with Gasteiger partial charge in [0.25, 0.3) is 5.91 Å². The van der Waals surface area contributed by atoms with Crippen molar-refractivity contribution in [3.05, 3.63) is 88.5 Å². The summed E-state index contributed by atoms with van der Waals surface area (Å²) in [6.45, 7) is 10.9. The van der Waals surface area contributed by atoms with E-state index < -0.39 is 0 Å². The number of hydrogen-bond donors (Lipinski definition) is 1. The van der Waals surface area contributed by atoms with Gasteiger partial charge in [-0.3, -0.25) is 4.79 Å². The number of nitrogens with one attached hydrogen (secondary N) is 1. The summed E-state index contributed by atoms with van der Waals surface area (Å²) in [5.41, 5.74) is 5.74. The van der Waals surface area contributed by atoms with Crippen molar-refractivity contribution in [1.29, 1.82) is 0 Å². The molecule has 0 heterocycles. The number of methoxy groups -OCH3 is 1. The second-order valence-corrected chi connectivity index (χ2v) is 8.79. The standard InChI is InChI=1S/C27H31NO3/c1-18-8-7-9-24(19(18)2)28-26(29)20-10-15-25(30-6)21(16-20)17-31-23-13-11-22(12-14-23)27(3,4)5/h7-16H,17H2,1-6H3,(H,28,29). The Morgan fingerprint density at radius 3 is 2.32 bits per heavy atom. The van der Waals surface area contributed by atoms with Gasteiger partial charge in [-0.2, -0.15) is 0 Å². The number of amides is 1. The minimum absolute atomic E-state index is 0.0963. The van der Waals surface area contributed by atoms with E-state index in [0.29, 0.717) is 17.9 Å². The minimum Gasteiger partial charge on any atom is -0.496 e. The minimum atomic E-state index is -0.160. The fourth-order valence-corrected chi connectivity index (χ4v) is 3.33. The Morgan fingerprint density at radius 2 is 1.68 bits per heavy atom. The molecule has 4 heteroatoms. The van der Waals surface area contributed by atoms with Crippen molar-refractivity contribution in [1.82, 2.24) is 0 Å². The molecule has 3 aromatic rings. The number of carbonyl (C=O) groups is 1. The molecule has 0 aliphatic carbocycles. The fourth-order valence-electron chi connectivity index (χ4n) is 3.33. The molecular weight excluding hydrogens is 386 g/mol. The van der Waals surface area contributed by atoms with Gasteiger partial charge in [0.15, 0.2) is 0 Å². The van der Waals surface area contributed by atoms with Gasteiger partial charge in [-0.1, -0.05) is 45.0 Å². The van der Waals surface area contributed by atoms with Crippen LogP contribution in [0.5, 0.6) is 11.5 Å². The number of hydrogen-bond acceptors (Lipinski definition) is 3. The second-order valence-electron chi connectivity index (χ2n) is 8.79. The molecule has 0 fully saturated rings. The summed E-state index contributed by atoms with van der Waals surface area (Å²) in [7, 11) is 1.62. The van der Waals surface area contributed by atoms with Crippen molar-refractivity contribution in [3.8, 4) is 11.5 Å². The molecule has 0 radical (unpaired) electrons. The summed E-state index contributed by atoms with van der Waals surface area (Å²) < 4.78 is 11.5. The Bertz CT molecular complexity index is 1060. The molecule has 0 saturated heterocycles. The van der Waals surface area contributed by atoms with Crippen LogP contribution >= 0.6 is 0 Å². The van der Waals surface area contributed by atoms with Crippen LogP contribution in [0.2, 0.25) is 0 Å². The van der Waals surface area contributed by atoms with Gasteiger partial charge in [-0.15, -0.1) is 0 Å². The largest absolute Gasteiger partial charge is 0.496 e. The maximum absolute atomic E-state index is 12.8. The van der Waals surface area contributed by atoms with Crippen LogP contribution in [0.1, 0.15) is 53.4 Å². The quantitative estimate of drug-likeness (QED) is 0.502. The third kappa shape index (κ3) is 5.46. The van der Waals surface area contributed by atoms with E-state index in [0.717, 1.165) is 28.1 Å². The van der Waals surface area contributed by atoms with Gasteiger partial charge in [0.05, 0.1) is 7.11 Å². The zero-order valence-corrected chi connectivity index (χ0v) is 19.2. The highest BCUT2D eigenvalue weighted by atomic mass is 16.5. The molecule has 1 amide bonds. The maximum atomic E-state index is 12.8. The van der Waals surface area contributed by atoms with Gasteiger partial charge in [-0.05, 0) is 72.4 Å². The third-order valence-corrected chi connectivity index (χ3v) is 5.51. The van der Waals surface area contributed by atoms with Gasteiger partial charge in [-0.25, -0.2) is 0 Å². The third-order valence-electron chi connectivity index (χ3n) is 5.51. The summed E-state index contributed by atoms with van der Waals surface area (Å²) in [4.78, 5) is 12.8. The van der Waals surface area contributed by atoms with Crippen LogP contribution < -0.4 is 14.8 Å². The molecule has 1 N–H and O–H groups in total. The van der Waals surface area contributed by atoms with Crippen LogP contribution in [0.4, 0.5) is 5.69 Å². The molecule has 0 unspecified atom stereocenters. The number of aryl methyl sites for hydroxylation is 1. The predicted octanol–water partition coefficient (Wildman–Crippen LogP) is 6.44. The monoisotopic (exact) mass is 417 g/mol. The van der Waals surface area contributed by atoms with E-state index in [1.807, 2.05) is 50.2 Å². The zero-order valence-electron chi connectivity index (χ0n) is 19.2. The maximum Gasteiger partial charge on any atom is 0.255 e. The van der Waals surface area contributed by atoms with E-state index in [4.69, 9.17) is 9.47 Å². The van der Waals surface area contributed by atoms with Crippen LogP contribution in [0.3, 0.4) is 0 Å². The number of ether oxygens (including phenoxy) is 2. The number of carbonyl (C=O) groups excluding carboxylic acids is 1. The van der Waals surface area contributed by atoms with Crippen molar-refractivity contribution >= 4 is 11.6 Å². The molecule has 0 bridgehead atoms. The van der Waals surface area contributed by atoms with Crippen LogP contribution in [0.15, 0.2) is 60.7 Å². The smallest absolute Gasteiger partial charge is 0.255 e. The molecular formula is C27H31NO3. The van der Waals surface area contributed by atoms with E-state index >= 15 is 0 Å². The van der Waals surface area contributed by atoms with Crippen molar-refractivity contribution < 1.29 is 14.3 Å². The molecule has 31 heavy (non-hydrogen) atoms. The molecule has 162 valence electrons. The van der Waals surface area contributed by atoms with Crippen molar-refractivity contribution in [3.63, 3.8) is 0 Å². The molecule has 0 atom stereocenters. The van der Waals surface area contributed by atoms with Gasteiger partial charge < -0.3 is 14.8 Å². The number of rotatable bonds is 6. The lowest BCUT2D eigenvalue weighted by molar-refractivity contribution is 0.102. The normalized spacial score (nSPS) is 11.2. The van der Waals surface area contributed by atoms with Gasteiger partial charge in [0, 0.05) is 16.8 Å². The second kappa shape index (κ2) is 9.25.